The van der Waals surface area contributed by atoms with E-state index >= 15 is 0 Å². The zero-order valence-corrected chi connectivity index (χ0v) is 27.7. The first-order chi connectivity index (χ1) is 20.3. The van der Waals surface area contributed by atoms with Gasteiger partial charge in [-0.2, -0.15) is 0 Å². The molecule has 2 aliphatic rings. The maximum absolute atomic E-state index is 14.7. The number of halogens is 1. The van der Waals surface area contributed by atoms with Gasteiger partial charge in [0.2, 0.25) is 0 Å². The molecule has 0 saturated heterocycles. The third-order valence-electron chi connectivity index (χ3n) is 8.35. The number of phenols is 1. The van der Waals surface area contributed by atoms with Gasteiger partial charge in [-0.15, -0.1) is 0 Å². The van der Waals surface area contributed by atoms with Gasteiger partial charge in [-0.3, -0.25) is 4.79 Å². The first-order valence-corrected chi connectivity index (χ1v) is 16.2. The Hall–Kier alpha value is -3.35. The number of fused-ring (bicyclic) bond motifs is 1. The number of rotatable bonds is 3. The molecule has 0 fully saturated rings. The lowest BCUT2D eigenvalue weighted by molar-refractivity contribution is -0.123. The average molecular weight is 655 g/mol. The van der Waals surface area contributed by atoms with Crippen molar-refractivity contribution < 1.29 is 14.6 Å². The van der Waals surface area contributed by atoms with Crippen molar-refractivity contribution in [3.05, 3.63) is 129 Å². The van der Waals surface area contributed by atoms with Crippen molar-refractivity contribution in [1.29, 1.82) is 0 Å². The van der Waals surface area contributed by atoms with Crippen LogP contribution in [0.3, 0.4) is 0 Å². The number of benzene rings is 4. The minimum atomic E-state index is -1.14. The largest absolute Gasteiger partial charge is 0.507 e. The number of hydrogen-bond donors (Lipinski definition) is 1. The number of ether oxygens (including phenoxy) is 1. The molecule has 0 saturated carbocycles. The first kappa shape index (κ1) is 29.7. The summed E-state index contributed by atoms with van der Waals surface area (Å²) >= 11 is 5.20. The fourth-order valence-electron chi connectivity index (χ4n) is 6.24. The number of aromatic hydroxyl groups is 1. The van der Waals surface area contributed by atoms with Crippen LogP contribution < -0.4 is 4.74 Å². The fourth-order valence-corrected chi connectivity index (χ4v) is 8.13. The molecule has 0 unspecified atom stereocenters. The highest BCUT2D eigenvalue weighted by Gasteiger charge is 2.62. The molecule has 1 N–H and O–H groups in total. The van der Waals surface area contributed by atoms with E-state index in [9.17, 15) is 9.90 Å². The van der Waals surface area contributed by atoms with E-state index in [1.165, 1.54) is 11.8 Å². The summed E-state index contributed by atoms with van der Waals surface area (Å²) < 4.78 is 6.61. The Labute approximate surface area is 266 Å². The highest BCUT2D eigenvalue weighted by Crippen LogP contribution is 2.62. The third-order valence-corrected chi connectivity index (χ3v) is 10.3. The lowest BCUT2D eigenvalue weighted by atomic mass is 9.70. The molecular formula is C37H36BrNO3S. The SMILES string of the molecule is CC(C)(C)c1cc([C@@H]2c3cc(Br)ccc3O[C@H](c3ccccc3)[C@]23SC(c2ccccc2)=NC3=O)cc(C(C)(C)C)c1O. The molecule has 0 aromatic heterocycles. The molecule has 4 aromatic rings. The number of carbonyl (C=O) groups is 1. The Bertz CT molecular complexity index is 1700. The van der Waals surface area contributed by atoms with E-state index in [1.54, 1.807) is 0 Å². The Balaban J connectivity index is 1.69. The Morgan fingerprint density at radius 3 is 1.98 bits per heavy atom. The summed E-state index contributed by atoms with van der Waals surface area (Å²) in [4.78, 5) is 19.4. The summed E-state index contributed by atoms with van der Waals surface area (Å²) in [5.41, 5.74) is 4.72. The minimum absolute atomic E-state index is 0.219. The normalized spacial score (nSPS) is 21.8. The second-order valence-corrected chi connectivity index (χ2v) is 15.7. The highest BCUT2D eigenvalue weighted by molar-refractivity contribution is 9.10. The molecule has 2 aliphatic heterocycles. The highest BCUT2D eigenvalue weighted by atomic mass is 79.9. The molecule has 6 rings (SSSR count). The number of amides is 1. The summed E-state index contributed by atoms with van der Waals surface area (Å²) in [5.74, 6) is 0.398. The van der Waals surface area contributed by atoms with Crippen LogP contribution in [-0.2, 0) is 15.6 Å². The van der Waals surface area contributed by atoms with Gasteiger partial charge in [0, 0.05) is 21.5 Å². The van der Waals surface area contributed by atoms with Gasteiger partial charge in [0.1, 0.15) is 22.6 Å². The van der Waals surface area contributed by atoms with E-state index < -0.39 is 16.8 Å². The van der Waals surface area contributed by atoms with Crippen molar-refractivity contribution in [2.24, 2.45) is 4.99 Å². The van der Waals surface area contributed by atoms with Crippen molar-refractivity contribution in [1.82, 2.24) is 0 Å². The molecule has 1 amide bonds. The fraction of sp³-hybridized carbons (Fsp3) is 0.297. The molecule has 4 nitrogen and oxygen atoms in total. The number of phenolic OH excluding ortho intramolecular Hbond substituents is 1. The molecule has 220 valence electrons. The van der Waals surface area contributed by atoms with Crippen LogP contribution in [0.25, 0.3) is 0 Å². The smallest absolute Gasteiger partial charge is 0.268 e. The molecule has 0 radical (unpaired) electrons. The van der Waals surface area contributed by atoms with Crippen LogP contribution in [0.15, 0.2) is 100 Å². The second kappa shape index (κ2) is 10.7. The predicted octanol–water partition coefficient (Wildman–Crippen LogP) is 9.47. The molecule has 3 atom stereocenters. The molecule has 0 aliphatic carbocycles. The van der Waals surface area contributed by atoms with Crippen LogP contribution in [0.2, 0.25) is 0 Å². The van der Waals surface area contributed by atoms with Gasteiger partial charge in [0.25, 0.3) is 5.91 Å². The van der Waals surface area contributed by atoms with Crippen molar-refractivity contribution in [3.8, 4) is 11.5 Å². The summed E-state index contributed by atoms with van der Waals surface area (Å²) in [5, 5.41) is 12.3. The van der Waals surface area contributed by atoms with Crippen LogP contribution in [-0.4, -0.2) is 20.8 Å². The van der Waals surface area contributed by atoms with E-state index in [-0.39, 0.29) is 16.7 Å². The Kier molecular flexibility index (Phi) is 7.37. The Morgan fingerprint density at radius 1 is 0.814 bits per heavy atom. The number of nitrogens with zero attached hydrogens (tertiary/aromatic N) is 1. The van der Waals surface area contributed by atoms with Gasteiger partial charge in [-0.25, -0.2) is 4.99 Å². The van der Waals surface area contributed by atoms with E-state index in [0.717, 1.165) is 43.6 Å². The quantitative estimate of drug-likeness (QED) is 0.239. The maximum atomic E-state index is 14.7. The monoisotopic (exact) mass is 653 g/mol. The van der Waals surface area contributed by atoms with Crippen molar-refractivity contribution in [3.63, 3.8) is 0 Å². The number of hydrogen-bond acceptors (Lipinski definition) is 4. The second-order valence-electron chi connectivity index (χ2n) is 13.5. The summed E-state index contributed by atoms with van der Waals surface area (Å²) in [6.45, 7) is 12.7. The van der Waals surface area contributed by atoms with Crippen LogP contribution in [0.1, 0.15) is 86.9 Å². The molecule has 2 heterocycles. The van der Waals surface area contributed by atoms with Gasteiger partial charge in [-0.05, 0) is 51.3 Å². The van der Waals surface area contributed by atoms with Gasteiger partial charge < -0.3 is 9.84 Å². The number of carbonyl (C=O) groups excluding carboxylic acids is 1. The standard InChI is InChI=1S/C37H36BrNO3S/c1-35(2,3)27-19-24(20-28(31(27)40)36(4,5)6)30-26-21-25(38)17-18-29(26)42-32(22-13-9-7-10-14-22)37(30)34(41)39-33(43-37)23-15-11-8-12-16-23/h7-21,30,32,40H,1-6H3/t30-,32-,37-/m1/s1. The maximum Gasteiger partial charge on any atom is 0.268 e. The lowest BCUT2D eigenvalue weighted by Gasteiger charge is -2.46. The van der Waals surface area contributed by atoms with Gasteiger partial charge in [0.05, 0.1) is 0 Å². The van der Waals surface area contributed by atoms with E-state index in [2.05, 4.69) is 75.7 Å². The van der Waals surface area contributed by atoms with E-state index in [1.807, 2.05) is 72.8 Å². The van der Waals surface area contributed by atoms with Crippen molar-refractivity contribution in [2.45, 2.75) is 69.1 Å². The zero-order chi connectivity index (χ0) is 30.7. The summed E-state index contributed by atoms with van der Waals surface area (Å²) in [7, 11) is 0. The van der Waals surface area contributed by atoms with Crippen molar-refractivity contribution in [2.75, 3.05) is 0 Å². The number of thioether (sulfide) groups is 1. The Morgan fingerprint density at radius 2 is 1.40 bits per heavy atom. The summed E-state index contributed by atoms with van der Waals surface area (Å²) in [6.07, 6.45) is -0.611. The first-order valence-electron chi connectivity index (χ1n) is 14.6. The van der Waals surface area contributed by atoms with Crippen molar-refractivity contribution >= 4 is 38.6 Å². The zero-order valence-electron chi connectivity index (χ0n) is 25.3. The average Bonchev–Trinajstić information content (AvgIpc) is 3.29. The van der Waals surface area contributed by atoms with Crippen LogP contribution in [0, 0.1) is 0 Å². The minimum Gasteiger partial charge on any atom is -0.507 e. The summed E-state index contributed by atoms with van der Waals surface area (Å²) in [6, 6.07) is 30.1. The molecule has 4 aromatic carbocycles. The van der Waals surface area contributed by atoms with Crippen LogP contribution >= 0.6 is 27.7 Å². The van der Waals surface area contributed by atoms with Gasteiger partial charge in [-0.1, -0.05) is 142 Å². The van der Waals surface area contributed by atoms with E-state index in [4.69, 9.17) is 9.73 Å². The van der Waals surface area contributed by atoms with Crippen LogP contribution in [0.4, 0.5) is 0 Å². The van der Waals surface area contributed by atoms with Crippen LogP contribution in [0.5, 0.6) is 11.5 Å². The third kappa shape index (κ3) is 5.12. The topological polar surface area (TPSA) is 58.9 Å². The predicted molar refractivity (Wildman–Crippen MR) is 180 cm³/mol. The number of aliphatic imine (C=N–C) groups is 1. The molecule has 6 heteroatoms. The molecule has 0 bridgehead atoms. The van der Waals surface area contributed by atoms with E-state index in [0.29, 0.717) is 10.8 Å². The molecule has 43 heavy (non-hydrogen) atoms. The molecule has 1 spiro atoms. The lowest BCUT2D eigenvalue weighted by Crippen LogP contribution is -2.49. The van der Waals surface area contributed by atoms with Gasteiger partial charge >= 0.3 is 0 Å². The molecular weight excluding hydrogens is 618 g/mol. The van der Waals surface area contributed by atoms with Gasteiger partial charge in [0.15, 0.2) is 4.75 Å².